The molecule has 1 fully saturated rings. The van der Waals surface area contributed by atoms with Crippen molar-refractivity contribution in [1.29, 1.82) is 5.26 Å². The highest BCUT2D eigenvalue weighted by Gasteiger charge is 2.40. The van der Waals surface area contributed by atoms with Gasteiger partial charge in [0.15, 0.2) is 0 Å². The molecule has 1 aromatic rings. The van der Waals surface area contributed by atoms with Crippen molar-refractivity contribution in [2.45, 2.75) is 57.8 Å². The van der Waals surface area contributed by atoms with Gasteiger partial charge in [-0.15, -0.1) is 0 Å². The van der Waals surface area contributed by atoms with Gasteiger partial charge in [0.2, 0.25) is 0 Å². The van der Waals surface area contributed by atoms with Crippen molar-refractivity contribution in [1.82, 2.24) is 0 Å². The van der Waals surface area contributed by atoms with Crippen LogP contribution in [0.4, 0.5) is 0 Å². The van der Waals surface area contributed by atoms with Crippen molar-refractivity contribution in [2.24, 2.45) is 11.8 Å². The lowest BCUT2D eigenvalue weighted by molar-refractivity contribution is 0.174. The van der Waals surface area contributed by atoms with E-state index in [0.717, 1.165) is 12.8 Å². The normalized spacial score (nSPS) is 28.6. The van der Waals surface area contributed by atoms with Gasteiger partial charge in [0.1, 0.15) is 0 Å². The number of nitriles is 1. The molecule has 2 rings (SSSR count). The van der Waals surface area contributed by atoms with Gasteiger partial charge in [0.25, 0.3) is 0 Å². The number of hydrogen-bond acceptors (Lipinski definition) is 1. The summed E-state index contributed by atoms with van der Waals surface area (Å²) in [4.78, 5) is 0. The Hall–Kier alpha value is -1.29. The zero-order valence-electron chi connectivity index (χ0n) is 12.2. The molecule has 1 nitrogen and oxygen atoms in total. The molecule has 0 heterocycles. The maximum Gasteiger partial charge on any atom is 0.0655 e. The fraction of sp³-hybridized carbons (Fsp3) is 0.611. The molecule has 19 heavy (non-hydrogen) atoms. The molecule has 0 aliphatic heterocycles. The molecule has 1 aromatic carbocycles. The van der Waals surface area contributed by atoms with E-state index in [-0.39, 0.29) is 5.92 Å². The lowest BCUT2D eigenvalue weighted by Gasteiger charge is -2.44. The van der Waals surface area contributed by atoms with Crippen LogP contribution in [0.25, 0.3) is 0 Å². The smallest absolute Gasteiger partial charge is 0.0655 e. The van der Waals surface area contributed by atoms with Gasteiger partial charge in [-0.3, -0.25) is 0 Å². The molecule has 1 atom stereocenters. The molecule has 0 spiro atoms. The van der Waals surface area contributed by atoms with E-state index in [1.807, 2.05) is 0 Å². The Kier molecular flexibility index (Phi) is 4.64. The molecule has 1 saturated carbocycles. The van der Waals surface area contributed by atoms with Gasteiger partial charge >= 0.3 is 0 Å². The van der Waals surface area contributed by atoms with E-state index in [0.29, 0.717) is 11.3 Å². The van der Waals surface area contributed by atoms with Crippen LogP contribution in [-0.2, 0) is 5.41 Å². The summed E-state index contributed by atoms with van der Waals surface area (Å²) in [5.41, 5.74) is 1.80. The van der Waals surface area contributed by atoms with Gasteiger partial charge < -0.3 is 0 Å². The average molecular weight is 255 g/mol. The molecule has 0 bridgehead atoms. The second kappa shape index (κ2) is 6.24. The second-order valence-corrected chi connectivity index (χ2v) is 6.12. The lowest BCUT2D eigenvalue weighted by atomic mass is 9.60. The van der Waals surface area contributed by atoms with E-state index in [4.69, 9.17) is 5.26 Å². The third-order valence-corrected chi connectivity index (χ3v) is 5.07. The van der Waals surface area contributed by atoms with Crippen molar-refractivity contribution in [3.63, 3.8) is 0 Å². The first kappa shape index (κ1) is 14.1. The molecule has 1 aliphatic carbocycles. The van der Waals surface area contributed by atoms with Gasteiger partial charge in [0.05, 0.1) is 6.07 Å². The summed E-state index contributed by atoms with van der Waals surface area (Å²) in [6.07, 6.45) is 7.02. The molecule has 0 aromatic heterocycles. The quantitative estimate of drug-likeness (QED) is 0.736. The Morgan fingerprint density at radius 1 is 1.26 bits per heavy atom. The van der Waals surface area contributed by atoms with Crippen LogP contribution in [0.2, 0.25) is 0 Å². The van der Waals surface area contributed by atoms with Gasteiger partial charge in [0, 0.05) is 5.92 Å². The highest BCUT2D eigenvalue weighted by Crippen LogP contribution is 2.47. The summed E-state index contributed by atoms with van der Waals surface area (Å²) in [5.74, 6) is 0.991. The van der Waals surface area contributed by atoms with Crippen molar-refractivity contribution in [2.75, 3.05) is 0 Å². The van der Waals surface area contributed by atoms with E-state index >= 15 is 0 Å². The molecule has 102 valence electrons. The Balaban J connectivity index is 2.27. The maximum atomic E-state index is 9.12. The second-order valence-electron chi connectivity index (χ2n) is 6.12. The van der Waals surface area contributed by atoms with Gasteiger partial charge in [-0.2, -0.15) is 5.26 Å². The summed E-state index contributed by atoms with van der Waals surface area (Å²) in [5, 5.41) is 9.12. The van der Waals surface area contributed by atoms with Crippen LogP contribution in [0.5, 0.6) is 0 Å². The molecule has 0 amide bonds. The Labute approximate surface area is 117 Å². The first-order chi connectivity index (χ1) is 9.23. The van der Waals surface area contributed by atoms with Crippen molar-refractivity contribution < 1.29 is 0 Å². The van der Waals surface area contributed by atoms with E-state index in [1.54, 1.807) is 0 Å². The predicted molar refractivity (Wildman–Crippen MR) is 79.8 cm³/mol. The summed E-state index contributed by atoms with van der Waals surface area (Å²) < 4.78 is 0. The fourth-order valence-corrected chi connectivity index (χ4v) is 3.81. The molecular weight excluding hydrogens is 230 g/mol. The zero-order valence-corrected chi connectivity index (χ0v) is 12.2. The lowest BCUT2D eigenvalue weighted by Crippen LogP contribution is -2.37. The van der Waals surface area contributed by atoms with Gasteiger partial charge in [-0.05, 0) is 42.6 Å². The van der Waals surface area contributed by atoms with E-state index in [9.17, 15) is 0 Å². The minimum absolute atomic E-state index is 0.283. The van der Waals surface area contributed by atoms with Crippen molar-refractivity contribution >= 4 is 0 Å². The first-order valence-corrected chi connectivity index (χ1v) is 7.68. The summed E-state index contributed by atoms with van der Waals surface area (Å²) in [6, 6.07) is 13.5. The van der Waals surface area contributed by atoms with Gasteiger partial charge in [-0.25, -0.2) is 0 Å². The SMILES string of the molecule is CCCC(C)C1(c2ccccc2)CCC(C#N)CC1. The van der Waals surface area contributed by atoms with E-state index in [1.165, 1.54) is 31.2 Å². The summed E-state index contributed by atoms with van der Waals surface area (Å²) >= 11 is 0. The number of nitrogens with zero attached hydrogens (tertiary/aromatic N) is 1. The van der Waals surface area contributed by atoms with Crippen LogP contribution in [-0.4, -0.2) is 0 Å². The monoisotopic (exact) mass is 255 g/mol. The van der Waals surface area contributed by atoms with Crippen LogP contribution < -0.4 is 0 Å². The number of rotatable bonds is 4. The van der Waals surface area contributed by atoms with Crippen LogP contribution in [0, 0.1) is 23.2 Å². The number of benzene rings is 1. The van der Waals surface area contributed by atoms with Crippen LogP contribution in [0.1, 0.15) is 57.9 Å². The molecule has 0 N–H and O–H groups in total. The topological polar surface area (TPSA) is 23.8 Å². The Bertz CT molecular complexity index is 421. The number of hydrogen-bond donors (Lipinski definition) is 0. The highest BCUT2D eigenvalue weighted by atomic mass is 14.4. The summed E-state index contributed by atoms with van der Waals surface area (Å²) in [7, 11) is 0. The van der Waals surface area contributed by atoms with Crippen molar-refractivity contribution in [3.05, 3.63) is 35.9 Å². The largest absolute Gasteiger partial charge is 0.198 e. The standard InChI is InChI=1S/C18H25N/c1-3-7-15(2)18(17-8-5-4-6-9-17)12-10-16(14-19)11-13-18/h4-6,8-9,15-16H,3,7,10-13H2,1-2H3. The Morgan fingerprint density at radius 3 is 2.42 bits per heavy atom. The van der Waals surface area contributed by atoms with Crippen molar-refractivity contribution in [3.8, 4) is 6.07 Å². The molecule has 0 radical (unpaired) electrons. The molecule has 1 heteroatoms. The van der Waals surface area contributed by atoms with Gasteiger partial charge in [-0.1, -0.05) is 57.0 Å². The third kappa shape index (κ3) is 2.84. The van der Waals surface area contributed by atoms with Crippen LogP contribution in [0.15, 0.2) is 30.3 Å². The van der Waals surface area contributed by atoms with Crippen LogP contribution in [0.3, 0.4) is 0 Å². The molecule has 1 unspecified atom stereocenters. The van der Waals surface area contributed by atoms with E-state index < -0.39 is 0 Å². The fourth-order valence-electron chi connectivity index (χ4n) is 3.81. The maximum absolute atomic E-state index is 9.12. The Morgan fingerprint density at radius 2 is 1.89 bits per heavy atom. The zero-order chi connectivity index (χ0) is 13.7. The summed E-state index contributed by atoms with van der Waals surface area (Å²) in [6.45, 7) is 4.68. The molecule has 1 aliphatic rings. The molecule has 0 saturated heterocycles. The average Bonchev–Trinajstić information content (AvgIpc) is 2.48. The van der Waals surface area contributed by atoms with Crippen LogP contribution >= 0.6 is 0 Å². The minimum Gasteiger partial charge on any atom is -0.198 e. The predicted octanol–water partition coefficient (Wildman–Crippen LogP) is 5.07. The molecular formula is C18H25N. The third-order valence-electron chi connectivity index (χ3n) is 5.07. The minimum atomic E-state index is 0.283. The highest BCUT2D eigenvalue weighted by molar-refractivity contribution is 5.27. The first-order valence-electron chi connectivity index (χ1n) is 7.68. The van der Waals surface area contributed by atoms with E-state index in [2.05, 4.69) is 50.2 Å².